The molecule has 1 atom stereocenters. The summed E-state index contributed by atoms with van der Waals surface area (Å²) < 4.78 is 0. The largest absolute Gasteiger partial charge is 0.352 e. The van der Waals surface area contributed by atoms with Gasteiger partial charge in [0.05, 0.1) is 4.88 Å². The van der Waals surface area contributed by atoms with Crippen LogP contribution in [0.15, 0.2) is 17.5 Å². The first-order chi connectivity index (χ1) is 9.15. The molecular weight excluding hydrogens is 260 g/mol. The average Bonchev–Trinajstić information content (AvgIpc) is 2.99. The number of carbonyl (C=O) groups excluding carboxylic acids is 2. The van der Waals surface area contributed by atoms with E-state index in [1.54, 1.807) is 6.92 Å². The summed E-state index contributed by atoms with van der Waals surface area (Å²) in [5.41, 5.74) is 0. The predicted octanol–water partition coefficient (Wildman–Crippen LogP) is 1.92. The Labute approximate surface area is 117 Å². The molecule has 0 radical (unpaired) electrons. The van der Waals surface area contributed by atoms with Crippen molar-refractivity contribution in [2.45, 2.75) is 32.2 Å². The number of hydrogen-bond acceptors (Lipinski definition) is 4. The van der Waals surface area contributed by atoms with Crippen LogP contribution in [0.3, 0.4) is 0 Å². The summed E-state index contributed by atoms with van der Waals surface area (Å²) in [5.74, 6) is 0.285. The lowest BCUT2D eigenvalue weighted by atomic mass is 10.2. The third-order valence-corrected chi connectivity index (χ3v) is 4.26. The molecule has 5 heteroatoms. The number of carbonyl (C=O) groups is 2. The Morgan fingerprint density at radius 3 is 3.05 bits per heavy atom. The van der Waals surface area contributed by atoms with Gasteiger partial charge in [-0.25, -0.2) is 0 Å². The van der Waals surface area contributed by atoms with Crippen LogP contribution in [0.5, 0.6) is 0 Å². The molecule has 1 fully saturated rings. The molecule has 0 aliphatic carbocycles. The SMILES string of the molecule is CC(=O)NC1CCN(CCCC(=O)c2cccs2)C1. The van der Waals surface area contributed by atoms with Crippen LogP contribution in [0.2, 0.25) is 0 Å². The van der Waals surface area contributed by atoms with Gasteiger partial charge in [0.1, 0.15) is 0 Å². The van der Waals surface area contributed by atoms with E-state index in [2.05, 4.69) is 10.2 Å². The van der Waals surface area contributed by atoms with Crippen LogP contribution >= 0.6 is 11.3 Å². The molecule has 1 aliphatic rings. The van der Waals surface area contributed by atoms with Crippen LogP contribution in [-0.2, 0) is 4.79 Å². The van der Waals surface area contributed by atoms with Crippen LogP contribution in [0.4, 0.5) is 0 Å². The van der Waals surface area contributed by atoms with Crippen molar-refractivity contribution in [3.63, 3.8) is 0 Å². The number of hydrogen-bond donors (Lipinski definition) is 1. The monoisotopic (exact) mass is 280 g/mol. The first-order valence-corrected chi connectivity index (χ1v) is 7.59. The van der Waals surface area contributed by atoms with Crippen molar-refractivity contribution in [1.82, 2.24) is 10.2 Å². The Bertz CT molecular complexity index is 431. The van der Waals surface area contributed by atoms with E-state index in [0.29, 0.717) is 6.42 Å². The summed E-state index contributed by atoms with van der Waals surface area (Å²) in [6.07, 6.45) is 2.52. The number of nitrogens with one attached hydrogen (secondary N) is 1. The van der Waals surface area contributed by atoms with Crippen LogP contribution in [-0.4, -0.2) is 42.3 Å². The van der Waals surface area contributed by atoms with Crippen molar-refractivity contribution in [2.24, 2.45) is 0 Å². The second kappa shape index (κ2) is 6.82. The summed E-state index contributed by atoms with van der Waals surface area (Å²) in [6.45, 7) is 4.42. The minimum atomic E-state index is 0.0414. The molecule has 0 aromatic carbocycles. The molecule has 2 heterocycles. The second-order valence-electron chi connectivity index (χ2n) is 4.99. The lowest BCUT2D eigenvalue weighted by Crippen LogP contribution is -2.35. The molecular formula is C14H20N2O2S. The Balaban J connectivity index is 1.64. The summed E-state index contributed by atoms with van der Waals surface area (Å²) in [4.78, 5) is 26.0. The van der Waals surface area contributed by atoms with Crippen molar-refractivity contribution in [3.8, 4) is 0 Å². The van der Waals surface area contributed by atoms with Gasteiger partial charge in [0, 0.05) is 32.5 Å². The molecule has 1 unspecified atom stereocenters. The fourth-order valence-electron chi connectivity index (χ4n) is 2.46. The van der Waals surface area contributed by atoms with Gasteiger partial charge in [-0.05, 0) is 30.8 Å². The highest BCUT2D eigenvalue weighted by atomic mass is 32.1. The van der Waals surface area contributed by atoms with Crippen molar-refractivity contribution in [3.05, 3.63) is 22.4 Å². The van der Waals surface area contributed by atoms with Crippen LogP contribution < -0.4 is 5.32 Å². The number of rotatable bonds is 6. The van der Waals surface area contributed by atoms with Gasteiger partial charge in [-0.15, -0.1) is 11.3 Å². The van der Waals surface area contributed by atoms with Crippen molar-refractivity contribution < 1.29 is 9.59 Å². The first kappa shape index (κ1) is 14.2. The van der Waals surface area contributed by atoms with Gasteiger partial charge in [-0.1, -0.05) is 6.07 Å². The summed E-state index contributed by atoms with van der Waals surface area (Å²) in [5, 5.41) is 4.88. The Hall–Kier alpha value is -1.20. The topological polar surface area (TPSA) is 49.4 Å². The molecule has 1 saturated heterocycles. The highest BCUT2D eigenvalue weighted by Gasteiger charge is 2.22. The molecule has 1 amide bonds. The molecule has 104 valence electrons. The molecule has 2 rings (SSSR count). The zero-order chi connectivity index (χ0) is 13.7. The quantitative estimate of drug-likeness (QED) is 0.810. The van der Waals surface area contributed by atoms with E-state index in [-0.39, 0.29) is 17.7 Å². The molecule has 1 N–H and O–H groups in total. The molecule has 0 saturated carbocycles. The van der Waals surface area contributed by atoms with Crippen molar-refractivity contribution in [2.75, 3.05) is 19.6 Å². The van der Waals surface area contributed by atoms with Gasteiger partial charge in [0.2, 0.25) is 5.91 Å². The van der Waals surface area contributed by atoms with Gasteiger partial charge in [-0.3, -0.25) is 9.59 Å². The lowest BCUT2D eigenvalue weighted by Gasteiger charge is -2.15. The summed E-state index contributed by atoms with van der Waals surface area (Å²) in [6, 6.07) is 4.08. The van der Waals surface area contributed by atoms with Crippen LogP contribution in [0, 0.1) is 0 Å². The number of likely N-dealkylation sites (tertiary alicyclic amines) is 1. The van der Waals surface area contributed by atoms with E-state index in [4.69, 9.17) is 0 Å². The van der Waals surface area contributed by atoms with Crippen molar-refractivity contribution in [1.29, 1.82) is 0 Å². The summed E-state index contributed by atoms with van der Waals surface area (Å²) >= 11 is 1.51. The third kappa shape index (κ3) is 4.44. The van der Waals surface area contributed by atoms with Gasteiger partial charge < -0.3 is 10.2 Å². The maximum absolute atomic E-state index is 11.8. The standard InChI is InChI=1S/C14H20N2O2S/c1-11(17)15-12-6-8-16(10-12)7-2-4-13(18)14-5-3-9-19-14/h3,5,9,12H,2,4,6-8,10H2,1H3,(H,15,17). The van der Waals surface area contributed by atoms with Gasteiger partial charge in [-0.2, -0.15) is 0 Å². The highest BCUT2D eigenvalue weighted by molar-refractivity contribution is 7.12. The second-order valence-corrected chi connectivity index (χ2v) is 5.94. The minimum Gasteiger partial charge on any atom is -0.352 e. The van der Waals surface area contributed by atoms with Gasteiger partial charge in [0.25, 0.3) is 0 Å². The molecule has 19 heavy (non-hydrogen) atoms. The average molecular weight is 280 g/mol. The fraction of sp³-hybridized carbons (Fsp3) is 0.571. The Morgan fingerprint density at radius 2 is 2.37 bits per heavy atom. The Morgan fingerprint density at radius 1 is 1.53 bits per heavy atom. The van der Waals surface area contributed by atoms with Crippen molar-refractivity contribution >= 4 is 23.0 Å². The van der Waals surface area contributed by atoms with E-state index >= 15 is 0 Å². The smallest absolute Gasteiger partial charge is 0.217 e. The predicted molar refractivity (Wildman–Crippen MR) is 76.5 cm³/mol. The normalized spacial score (nSPS) is 19.5. The third-order valence-electron chi connectivity index (χ3n) is 3.35. The number of nitrogens with zero attached hydrogens (tertiary/aromatic N) is 1. The Kier molecular flexibility index (Phi) is 5.10. The molecule has 1 aromatic rings. The first-order valence-electron chi connectivity index (χ1n) is 6.71. The minimum absolute atomic E-state index is 0.0414. The van der Waals surface area contributed by atoms with Crippen LogP contribution in [0.25, 0.3) is 0 Å². The van der Waals surface area contributed by atoms with Crippen LogP contribution in [0.1, 0.15) is 35.9 Å². The van der Waals surface area contributed by atoms with E-state index in [9.17, 15) is 9.59 Å². The van der Waals surface area contributed by atoms with E-state index < -0.39 is 0 Å². The van der Waals surface area contributed by atoms with E-state index in [1.165, 1.54) is 11.3 Å². The van der Waals surface area contributed by atoms with E-state index in [1.807, 2.05) is 17.5 Å². The molecule has 1 aliphatic heterocycles. The highest BCUT2D eigenvalue weighted by Crippen LogP contribution is 2.14. The number of thiophene rings is 1. The van der Waals surface area contributed by atoms with Gasteiger partial charge in [0.15, 0.2) is 5.78 Å². The van der Waals surface area contributed by atoms with Gasteiger partial charge >= 0.3 is 0 Å². The number of amides is 1. The molecule has 0 spiro atoms. The van der Waals surface area contributed by atoms with E-state index in [0.717, 1.165) is 37.4 Å². The summed E-state index contributed by atoms with van der Waals surface area (Å²) in [7, 11) is 0. The molecule has 0 bridgehead atoms. The maximum atomic E-state index is 11.8. The zero-order valence-electron chi connectivity index (χ0n) is 11.2. The number of Topliss-reactive ketones (excluding diaryl/α,β-unsaturated/α-hetero) is 1. The fourth-order valence-corrected chi connectivity index (χ4v) is 3.16. The molecule has 1 aromatic heterocycles. The maximum Gasteiger partial charge on any atom is 0.217 e. The number of ketones is 1. The zero-order valence-corrected chi connectivity index (χ0v) is 12.0. The lowest BCUT2D eigenvalue weighted by molar-refractivity contribution is -0.119. The molecule has 4 nitrogen and oxygen atoms in total.